The molecule has 0 saturated carbocycles. The highest BCUT2D eigenvalue weighted by atomic mass is 32.2. The Labute approximate surface area is 114 Å². The van der Waals surface area contributed by atoms with Gasteiger partial charge in [0, 0.05) is 5.54 Å². The lowest BCUT2D eigenvalue weighted by Gasteiger charge is -2.31. The molecule has 19 heavy (non-hydrogen) atoms. The molecule has 0 spiro atoms. The van der Waals surface area contributed by atoms with E-state index in [1.54, 1.807) is 0 Å². The monoisotopic (exact) mass is 288 g/mol. The van der Waals surface area contributed by atoms with E-state index >= 15 is 0 Å². The van der Waals surface area contributed by atoms with Crippen molar-refractivity contribution in [1.82, 2.24) is 4.72 Å². The normalized spacial score (nSPS) is 12.6. The van der Waals surface area contributed by atoms with E-state index in [0.717, 1.165) is 6.07 Å². The summed E-state index contributed by atoms with van der Waals surface area (Å²) in [4.78, 5) is -0.202. The Morgan fingerprint density at radius 3 is 2.21 bits per heavy atom. The smallest absolute Gasteiger partial charge is 0.243 e. The first-order valence-electron chi connectivity index (χ1n) is 6.40. The number of sulfonamides is 1. The van der Waals surface area contributed by atoms with Gasteiger partial charge in [0.1, 0.15) is 10.7 Å². The van der Waals surface area contributed by atoms with Gasteiger partial charge in [0.2, 0.25) is 10.0 Å². The van der Waals surface area contributed by atoms with Crippen LogP contribution in [0.15, 0.2) is 23.1 Å². The van der Waals surface area contributed by atoms with Gasteiger partial charge in [0.05, 0.1) is 5.69 Å². The van der Waals surface area contributed by atoms with E-state index in [2.05, 4.69) is 4.72 Å². The van der Waals surface area contributed by atoms with Crippen molar-refractivity contribution in [3.05, 3.63) is 24.0 Å². The summed E-state index contributed by atoms with van der Waals surface area (Å²) in [5, 5.41) is 0. The molecule has 1 rings (SSSR count). The van der Waals surface area contributed by atoms with Gasteiger partial charge in [-0.25, -0.2) is 17.5 Å². The van der Waals surface area contributed by atoms with Crippen molar-refractivity contribution < 1.29 is 12.8 Å². The third kappa shape index (κ3) is 3.25. The molecule has 0 unspecified atom stereocenters. The van der Waals surface area contributed by atoms with Crippen molar-refractivity contribution >= 4 is 15.7 Å². The van der Waals surface area contributed by atoms with E-state index in [1.807, 2.05) is 20.8 Å². The van der Waals surface area contributed by atoms with Gasteiger partial charge >= 0.3 is 0 Å². The molecule has 0 heterocycles. The summed E-state index contributed by atoms with van der Waals surface area (Å²) in [6.45, 7) is 5.76. The average molecular weight is 288 g/mol. The van der Waals surface area contributed by atoms with Gasteiger partial charge in [-0.15, -0.1) is 0 Å². The zero-order valence-electron chi connectivity index (χ0n) is 11.5. The molecule has 0 aliphatic heterocycles. The van der Waals surface area contributed by atoms with Crippen molar-refractivity contribution in [2.75, 3.05) is 5.73 Å². The Kier molecular flexibility index (Phi) is 4.92. The molecule has 0 aliphatic rings. The summed E-state index contributed by atoms with van der Waals surface area (Å²) in [5.74, 6) is -0.724. The fourth-order valence-corrected chi connectivity index (χ4v) is 3.82. The molecule has 108 valence electrons. The molecule has 1 aromatic rings. The molecule has 6 heteroatoms. The molecule has 0 radical (unpaired) electrons. The van der Waals surface area contributed by atoms with E-state index in [-0.39, 0.29) is 10.6 Å². The Hall–Kier alpha value is -1.14. The molecule has 0 amide bonds. The quantitative estimate of drug-likeness (QED) is 0.790. The van der Waals surface area contributed by atoms with Crippen LogP contribution in [0.25, 0.3) is 0 Å². The van der Waals surface area contributed by atoms with Crippen LogP contribution in [0.1, 0.15) is 40.0 Å². The molecule has 0 aromatic heterocycles. The maximum absolute atomic E-state index is 13.4. The van der Waals surface area contributed by atoms with E-state index < -0.39 is 21.4 Å². The van der Waals surface area contributed by atoms with E-state index in [1.165, 1.54) is 12.1 Å². The molecule has 0 saturated heterocycles. The molecular weight excluding hydrogens is 267 g/mol. The van der Waals surface area contributed by atoms with E-state index in [9.17, 15) is 12.8 Å². The van der Waals surface area contributed by atoms with Crippen molar-refractivity contribution in [3.8, 4) is 0 Å². The van der Waals surface area contributed by atoms with Crippen molar-refractivity contribution in [3.63, 3.8) is 0 Å². The van der Waals surface area contributed by atoms with Crippen molar-refractivity contribution in [2.45, 2.75) is 50.5 Å². The molecule has 0 fully saturated rings. The van der Waals surface area contributed by atoms with Crippen LogP contribution in [0.4, 0.5) is 10.1 Å². The third-order valence-corrected chi connectivity index (χ3v) is 5.32. The Morgan fingerprint density at radius 2 is 1.74 bits per heavy atom. The summed E-state index contributed by atoms with van der Waals surface area (Å²) in [6, 6.07) is 3.79. The first-order valence-corrected chi connectivity index (χ1v) is 7.88. The number of hydrogen-bond acceptors (Lipinski definition) is 3. The lowest BCUT2D eigenvalue weighted by atomic mass is 9.91. The van der Waals surface area contributed by atoms with Crippen LogP contribution >= 0.6 is 0 Å². The molecule has 0 atom stereocenters. The largest absolute Gasteiger partial charge is 0.395 e. The fourth-order valence-electron chi connectivity index (χ4n) is 2.06. The first-order chi connectivity index (χ1) is 8.82. The maximum atomic E-state index is 13.4. The number of anilines is 1. The fraction of sp³-hybridized carbons (Fsp3) is 0.538. The molecular formula is C13H21FN2O2S. The molecule has 0 aliphatic carbocycles. The van der Waals surface area contributed by atoms with E-state index in [4.69, 9.17) is 5.73 Å². The first kappa shape index (κ1) is 15.9. The van der Waals surface area contributed by atoms with Gasteiger partial charge in [0.15, 0.2) is 0 Å². The Bertz CT molecular complexity index is 531. The topological polar surface area (TPSA) is 72.2 Å². The van der Waals surface area contributed by atoms with Gasteiger partial charge in [0.25, 0.3) is 0 Å². The number of halogens is 1. The molecule has 1 aromatic carbocycles. The van der Waals surface area contributed by atoms with Crippen LogP contribution in [0.2, 0.25) is 0 Å². The number of para-hydroxylation sites is 1. The zero-order chi connectivity index (χ0) is 14.7. The predicted octanol–water partition coefficient (Wildman–Crippen LogP) is 2.66. The van der Waals surface area contributed by atoms with Crippen LogP contribution in [0.3, 0.4) is 0 Å². The van der Waals surface area contributed by atoms with Crippen LogP contribution in [0, 0.1) is 5.82 Å². The zero-order valence-corrected chi connectivity index (χ0v) is 12.3. The van der Waals surface area contributed by atoms with Crippen molar-refractivity contribution in [2.24, 2.45) is 0 Å². The van der Waals surface area contributed by atoms with Gasteiger partial charge in [-0.2, -0.15) is 0 Å². The average Bonchev–Trinajstić information content (AvgIpc) is 2.39. The minimum atomic E-state index is -3.82. The summed E-state index contributed by atoms with van der Waals surface area (Å²) >= 11 is 0. The van der Waals surface area contributed by atoms with Crippen LogP contribution in [0.5, 0.6) is 0 Å². The lowest BCUT2D eigenvalue weighted by Crippen LogP contribution is -2.47. The van der Waals surface area contributed by atoms with Crippen LogP contribution < -0.4 is 10.5 Å². The maximum Gasteiger partial charge on any atom is 0.243 e. The summed E-state index contributed by atoms with van der Waals surface area (Å²) in [6.07, 6.45) is 1.98. The minimum absolute atomic E-state index is 0.202. The number of hydrogen-bond donors (Lipinski definition) is 2. The molecule has 4 nitrogen and oxygen atoms in total. The minimum Gasteiger partial charge on any atom is -0.395 e. The highest BCUT2D eigenvalue weighted by molar-refractivity contribution is 7.89. The van der Waals surface area contributed by atoms with Crippen LogP contribution in [-0.2, 0) is 10.0 Å². The lowest BCUT2D eigenvalue weighted by molar-refractivity contribution is 0.341. The van der Waals surface area contributed by atoms with Gasteiger partial charge in [-0.3, -0.25) is 0 Å². The predicted molar refractivity (Wildman–Crippen MR) is 74.7 cm³/mol. The van der Waals surface area contributed by atoms with Gasteiger partial charge in [-0.1, -0.05) is 26.8 Å². The SMILES string of the molecule is CCC(CC)(CC)NS(=O)(=O)c1cccc(F)c1N. The Morgan fingerprint density at radius 1 is 1.21 bits per heavy atom. The second-order valence-corrected chi connectivity index (χ2v) is 6.25. The van der Waals surface area contributed by atoms with Gasteiger partial charge < -0.3 is 5.73 Å². The highest BCUT2D eigenvalue weighted by Gasteiger charge is 2.31. The highest BCUT2D eigenvalue weighted by Crippen LogP contribution is 2.26. The number of nitrogens with one attached hydrogen (secondary N) is 1. The second-order valence-electron chi connectivity index (χ2n) is 4.60. The van der Waals surface area contributed by atoms with Crippen LogP contribution in [-0.4, -0.2) is 14.0 Å². The molecule has 0 bridgehead atoms. The summed E-state index contributed by atoms with van der Waals surface area (Å²) in [7, 11) is -3.82. The van der Waals surface area contributed by atoms with Crippen molar-refractivity contribution in [1.29, 1.82) is 0 Å². The summed E-state index contributed by atoms with van der Waals surface area (Å²) in [5.41, 5.74) is 4.66. The summed E-state index contributed by atoms with van der Waals surface area (Å²) < 4.78 is 40.7. The van der Waals surface area contributed by atoms with Gasteiger partial charge in [-0.05, 0) is 31.4 Å². The number of nitrogens with two attached hydrogens (primary N) is 1. The Balaban J connectivity index is 3.22. The third-order valence-electron chi connectivity index (χ3n) is 3.68. The number of rotatable bonds is 6. The number of nitrogen functional groups attached to an aromatic ring is 1. The van der Waals surface area contributed by atoms with E-state index in [0.29, 0.717) is 19.3 Å². The molecule has 3 N–H and O–H groups in total. The number of benzene rings is 1. The standard InChI is InChI=1S/C13H21FN2O2S/c1-4-13(5-2,6-3)16-19(17,18)11-9-7-8-10(14)12(11)15/h7-9,16H,4-6,15H2,1-3H3. The second kappa shape index (κ2) is 5.88.